The highest BCUT2D eigenvalue weighted by atomic mass is 16.5. The maximum absolute atomic E-state index is 11.7. The number of likely N-dealkylation sites (tertiary alicyclic amines) is 1. The molecule has 1 aliphatic heterocycles. The van der Waals surface area contributed by atoms with Crippen molar-refractivity contribution < 1.29 is 9.53 Å². The Bertz CT molecular complexity index is 414. The largest absolute Gasteiger partial charge is 0.375 e. The summed E-state index contributed by atoms with van der Waals surface area (Å²) in [4.78, 5) is 14.2. The van der Waals surface area contributed by atoms with Crippen LogP contribution in [0.25, 0.3) is 0 Å². The fraction of sp³-hybridized carbons (Fsp3) is 0.588. The van der Waals surface area contributed by atoms with Crippen molar-refractivity contribution in [2.24, 2.45) is 0 Å². The lowest BCUT2D eigenvalue weighted by Crippen LogP contribution is -2.39. The Morgan fingerprint density at radius 1 is 1.19 bits per heavy atom. The van der Waals surface area contributed by atoms with E-state index in [9.17, 15) is 4.79 Å². The highest BCUT2D eigenvalue weighted by Gasteiger charge is 2.21. The van der Waals surface area contributed by atoms with Crippen LogP contribution in [-0.4, -0.2) is 44.2 Å². The van der Waals surface area contributed by atoms with E-state index in [0.29, 0.717) is 6.54 Å². The third kappa shape index (κ3) is 5.14. The molecule has 0 unspecified atom stereocenters. The van der Waals surface area contributed by atoms with Gasteiger partial charge in [-0.2, -0.15) is 0 Å². The summed E-state index contributed by atoms with van der Waals surface area (Å²) in [5.41, 5.74) is 1.28. The van der Waals surface area contributed by atoms with Gasteiger partial charge in [0.1, 0.15) is 6.61 Å². The van der Waals surface area contributed by atoms with Gasteiger partial charge in [0.25, 0.3) is 0 Å². The second-order valence-electron chi connectivity index (χ2n) is 5.61. The molecule has 1 heterocycles. The molecule has 1 aromatic rings. The first kappa shape index (κ1) is 16.0. The zero-order valence-corrected chi connectivity index (χ0v) is 12.9. The van der Waals surface area contributed by atoms with Crippen molar-refractivity contribution in [1.29, 1.82) is 0 Å². The molecule has 0 aliphatic carbocycles. The highest BCUT2D eigenvalue weighted by molar-refractivity contribution is 5.77. The Hall–Kier alpha value is -1.39. The third-order valence-electron chi connectivity index (χ3n) is 4.03. The SMILES string of the molecule is COCC(=O)NC[C@H](c1ccccc1)N1CCCCCC1. The predicted molar refractivity (Wildman–Crippen MR) is 84.1 cm³/mol. The van der Waals surface area contributed by atoms with Crippen LogP contribution in [0.5, 0.6) is 0 Å². The van der Waals surface area contributed by atoms with E-state index in [1.807, 2.05) is 6.07 Å². The lowest BCUT2D eigenvalue weighted by Gasteiger charge is -2.31. The molecule has 1 atom stereocenters. The fourth-order valence-electron chi connectivity index (χ4n) is 2.93. The summed E-state index contributed by atoms with van der Waals surface area (Å²) < 4.78 is 4.88. The molecule has 1 saturated heterocycles. The van der Waals surface area contributed by atoms with Gasteiger partial charge in [-0.25, -0.2) is 0 Å². The second-order valence-corrected chi connectivity index (χ2v) is 5.61. The highest BCUT2D eigenvalue weighted by Crippen LogP contribution is 2.23. The number of nitrogens with zero attached hydrogens (tertiary/aromatic N) is 1. The van der Waals surface area contributed by atoms with Crippen molar-refractivity contribution in [3.63, 3.8) is 0 Å². The molecule has 0 spiro atoms. The fourth-order valence-corrected chi connectivity index (χ4v) is 2.93. The van der Waals surface area contributed by atoms with Crippen molar-refractivity contribution in [3.05, 3.63) is 35.9 Å². The van der Waals surface area contributed by atoms with Gasteiger partial charge >= 0.3 is 0 Å². The lowest BCUT2D eigenvalue weighted by molar-refractivity contribution is -0.125. The van der Waals surface area contributed by atoms with Crippen LogP contribution in [0.3, 0.4) is 0 Å². The Morgan fingerprint density at radius 3 is 2.48 bits per heavy atom. The van der Waals surface area contributed by atoms with Gasteiger partial charge in [0.15, 0.2) is 0 Å². The first-order valence-corrected chi connectivity index (χ1v) is 7.86. The number of hydrogen-bond donors (Lipinski definition) is 1. The zero-order chi connectivity index (χ0) is 14.9. The predicted octanol–water partition coefficient (Wildman–Crippen LogP) is 2.37. The van der Waals surface area contributed by atoms with Crippen molar-refractivity contribution in [2.75, 3.05) is 33.4 Å². The number of ether oxygens (including phenoxy) is 1. The van der Waals surface area contributed by atoms with Gasteiger partial charge < -0.3 is 10.1 Å². The van der Waals surface area contributed by atoms with Crippen LogP contribution in [0.15, 0.2) is 30.3 Å². The molecule has 2 rings (SSSR count). The van der Waals surface area contributed by atoms with Crippen LogP contribution < -0.4 is 5.32 Å². The Balaban J connectivity index is 2.04. The topological polar surface area (TPSA) is 41.6 Å². The Labute approximate surface area is 127 Å². The van der Waals surface area contributed by atoms with E-state index in [4.69, 9.17) is 4.74 Å². The summed E-state index contributed by atoms with van der Waals surface area (Å²) in [6.45, 7) is 2.99. The quantitative estimate of drug-likeness (QED) is 0.874. The minimum absolute atomic E-state index is 0.0479. The van der Waals surface area contributed by atoms with Crippen molar-refractivity contribution in [3.8, 4) is 0 Å². The molecule has 0 aromatic heterocycles. The maximum Gasteiger partial charge on any atom is 0.246 e. The second kappa shape index (κ2) is 8.80. The third-order valence-corrected chi connectivity index (χ3v) is 4.03. The molecule has 21 heavy (non-hydrogen) atoms. The van der Waals surface area contributed by atoms with Gasteiger partial charge in [-0.3, -0.25) is 9.69 Å². The van der Waals surface area contributed by atoms with E-state index < -0.39 is 0 Å². The molecule has 116 valence electrons. The molecule has 0 saturated carbocycles. The zero-order valence-electron chi connectivity index (χ0n) is 12.9. The number of hydrogen-bond acceptors (Lipinski definition) is 3. The van der Waals surface area contributed by atoms with Gasteiger partial charge in [0, 0.05) is 13.7 Å². The average molecular weight is 290 g/mol. The number of amides is 1. The molecule has 0 bridgehead atoms. The number of benzene rings is 1. The van der Waals surface area contributed by atoms with Crippen LogP contribution in [0.1, 0.15) is 37.3 Å². The van der Waals surface area contributed by atoms with E-state index in [-0.39, 0.29) is 18.6 Å². The van der Waals surface area contributed by atoms with Crippen LogP contribution in [0.4, 0.5) is 0 Å². The minimum Gasteiger partial charge on any atom is -0.375 e. The number of carbonyl (C=O) groups excluding carboxylic acids is 1. The molecular formula is C17H26N2O2. The summed E-state index contributed by atoms with van der Waals surface area (Å²) in [6.07, 6.45) is 5.12. The number of rotatable bonds is 6. The Morgan fingerprint density at radius 2 is 1.86 bits per heavy atom. The average Bonchev–Trinajstić information content (AvgIpc) is 2.78. The molecule has 1 aromatic carbocycles. The van der Waals surface area contributed by atoms with Gasteiger partial charge in [-0.1, -0.05) is 43.2 Å². The molecule has 0 radical (unpaired) electrons. The van der Waals surface area contributed by atoms with E-state index in [2.05, 4.69) is 34.5 Å². The van der Waals surface area contributed by atoms with Crippen molar-refractivity contribution >= 4 is 5.91 Å². The molecule has 1 aliphatic rings. The van der Waals surface area contributed by atoms with Gasteiger partial charge in [-0.05, 0) is 31.5 Å². The number of carbonyl (C=O) groups is 1. The van der Waals surface area contributed by atoms with Crippen LogP contribution >= 0.6 is 0 Å². The molecule has 1 amide bonds. The molecular weight excluding hydrogens is 264 g/mol. The standard InChI is InChI=1S/C17H26N2O2/c1-21-14-17(20)18-13-16(15-9-5-4-6-10-15)19-11-7-2-3-8-12-19/h4-6,9-10,16H,2-3,7-8,11-14H2,1H3,(H,18,20)/t16-/m1/s1. The summed E-state index contributed by atoms with van der Waals surface area (Å²) in [5.74, 6) is -0.0479. The normalized spacial score (nSPS) is 18.0. The molecule has 4 nitrogen and oxygen atoms in total. The lowest BCUT2D eigenvalue weighted by atomic mass is 10.0. The monoisotopic (exact) mass is 290 g/mol. The Kier molecular flexibility index (Phi) is 6.70. The van der Waals surface area contributed by atoms with E-state index in [1.165, 1.54) is 31.2 Å². The molecule has 4 heteroatoms. The van der Waals surface area contributed by atoms with E-state index in [1.54, 1.807) is 7.11 Å². The smallest absolute Gasteiger partial charge is 0.246 e. The van der Waals surface area contributed by atoms with Crippen LogP contribution in [0.2, 0.25) is 0 Å². The first-order chi connectivity index (χ1) is 10.3. The van der Waals surface area contributed by atoms with Crippen molar-refractivity contribution in [1.82, 2.24) is 10.2 Å². The summed E-state index contributed by atoms with van der Waals surface area (Å²) in [7, 11) is 1.54. The van der Waals surface area contributed by atoms with Crippen LogP contribution in [-0.2, 0) is 9.53 Å². The summed E-state index contributed by atoms with van der Waals surface area (Å²) in [5, 5.41) is 2.99. The summed E-state index contributed by atoms with van der Waals surface area (Å²) >= 11 is 0. The summed E-state index contributed by atoms with van der Waals surface area (Å²) in [6, 6.07) is 10.7. The number of methoxy groups -OCH3 is 1. The number of nitrogens with one attached hydrogen (secondary N) is 1. The minimum atomic E-state index is -0.0479. The van der Waals surface area contributed by atoms with E-state index in [0.717, 1.165) is 13.1 Å². The van der Waals surface area contributed by atoms with Gasteiger partial charge in [-0.15, -0.1) is 0 Å². The molecule has 1 N–H and O–H groups in total. The maximum atomic E-state index is 11.7. The first-order valence-electron chi connectivity index (χ1n) is 7.86. The molecule has 1 fully saturated rings. The van der Waals surface area contributed by atoms with Gasteiger partial charge in [0.05, 0.1) is 6.04 Å². The van der Waals surface area contributed by atoms with Gasteiger partial charge in [0.2, 0.25) is 5.91 Å². The van der Waals surface area contributed by atoms with Crippen LogP contribution in [0, 0.1) is 0 Å². The van der Waals surface area contributed by atoms with E-state index >= 15 is 0 Å². The van der Waals surface area contributed by atoms with Crippen molar-refractivity contribution in [2.45, 2.75) is 31.7 Å².